The summed E-state index contributed by atoms with van der Waals surface area (Å²) in [5, 5.41) is 2.89. The third kappa shape index (κ3) is 4.67. The van der Waals surface area contributed by atoms with Crippen LogP contribution in [-0.4, -0.2) is 66.3 Å². The molecule has 1 atom stereocenters. The van der Waals surface area contributed by atoms with Crippen LogP contribution in [-0.2, 0) is 9.59 Å². The Balaban J connectivity index is 1.40. The fraction of sp³-hybridized carbons (Fsp3) is 0.400. The lowest BCUT2D eigenvalue weighted by atomic mass is 10.1. The molecular weight excluding hydrogens is 404 g/mol. The lowest BCUT2D eigenvalue weighted by Crippen LogP contribution is -2.52. The van der Waals surface area contributed by atoms with Crippen LogP contribution in [0.1, 0.15) is 34.8 Å². The second kappa shape index (κ2) is 9.12. The molecule has 0 spiro atoms. The molecule has 0 radical (unpaired) electrons. The van der Waals surface area contributed by atoms with Crippen molar-refractivity contribution < 1.29 is 14.4 Å². The number of amides is 3. The topological polar surface area (TPSA) is 73.0 Å². The van der Waals surface area contributed by atoms with Crippen LogP contribution in [0.25, 0.3) is 0 Å². The standard InChI is InChI=1S/C25H30N4O3/c1-17-12-18(2)14-20(13-17)25(32)28-10-8-27(9-11-28)16-24(31)29-19(3)15-23(30)26-21-6-4-5-7-22(21)29/h4-7,12-14,19H,8-11,15-16H2,1-3H3,(H,26,30). The molecule has 7 nitrogen and oxygen atoms in total. The number of hydrogen-bond donors (Lipinski definition) is 1. The number of carbonyl (C=O) groups excluding carboxylic acids is 3. The van der Waals surface area contributed by atoms with Crippen molar-refractivity contribution in [1.82, 2.24) is 9.80 Å². The Morgan fingerprint density at radius 1 is 1.00 bits per heavy atom. The van der Waals surface area contributed by atoms with Gasteiger partial charge in [0.1, 0.15) is 0 Å². The van der Waals surface area contributed by atoms with Crippen LogP contribution in [0.3, 0.4) is 0 Å². The summed E-state index contributed by atoms with van der Waals surface area (Å²) in [6.07, 6.45) is 0.263. The minimum atomic E-state index is -0.224. The highest BCUT2D eigenvalue weighted by atomic mass is 16.2. The van der Waals surface area contributed by atoms with Crippen LogP contribution < -0.4 is 10.2 Å². The highest BCUT2D eigenvalue weighted by Crippen LogP contribution is 2.31. The van der Waals surface area contributed by atoms with Crippen molar-refractivity contribution in [3.8, 4) is 0 Å². The summed E-state index contributed by atoms with van der Waals surface area (Å²) >= 11 is 0. The summed E-state index contributed by atoms with van der Waals surface area (Å²) in [5.74, 6) is -0.0725. The molecule has 1 fully saturated rings. The maximum absolute atomic E-state index is 13.3. The molecule has 0 bridgehead atoms. The summed E-state index contributed by atoms with van der Waals surface area (Å²) in [5.41, 5.74) is 4.28. The lowest BCUT2D eigenvalue weighted by molar-refractivity contribution is -0.120. The molecule has 32 heavy (non-hydrogen) atoms. The Hall–Kier alpha value is -3.19. The maximum atomic E-state index is 13.3. The molecule has 2 heterocycles. The summed E-state index contributed by atoms with van der Waals surface area (Å²) in [6, 6.07) is 13.1. The van der Waals surface area contributed by atoms with Crippen molar-refractivity contribution in [1.29, 1.82) is 0 Å². The Kier molecular flexibility index (Phi) is 6.28. The highest BCUT2D eigenvalue weighted by Gasteiger charge is 2.31. The fourth-order valence-corrected chi connectivity index (χ4v) is 4.63. The molecule has 1 unspecified atom stereocenters. The zero-order valence-electron chi connectivity index (χ0n) is 18.9. The van der Waals surface area contributed by atoms with Gasteiger partial charge in [0.15, 0.2) is 0 Å². The highest BCUT2D eigenvalue weighted by molar-refractivity contribution is 6.05. The number of carbonyl (C=O) groups is 3. The molecule has 0 aliphatic carbocycles. The number of para-hydroxylation sites is 2. The van der Waals surface area contributed by atoms with E-state index in [1.807, 2.05) is 62.1 Å². The van der Waals surface area contributed by atoms with E-state index in [9.17, 15) is 14.4 Å². The average Bonchev–Trinajstić information content (AvgIpc) is 2.87. The van der Waals surface area contributed by atoms with Crippen LogP contribution in [0.2, 0.25) is 0 Å². The Morgan fingerprint density at radius 2 is 1.66 bits per heavy atom. The number of rotatable bonds is 3. The van der Waals surface area contributed by atoms with Gasteiger partial charge in [-0.05, 0) is 45.0 Å². The molecule has 3 amide bonds. The third-order valence-corrected chi connectivity index (χ3v) is 6.11. The minimum Gasteiger partial charge on any atom is -0.336 e. The van der Waals surface area contributed by atoms with E-state index in [-0.39, 0.29) is 36.7 Å². The summed E-state index contributed by atoms with van der Waals surface area (Å²) in [7, 11) is 0. The molecule has 2 aliphatic rings. The molecule has 4 rings (SSSR count). The van der Waals surface area contributed by atoms with Crippen molar-refractivity contribution in [2.24, 2.45) is 0 Å². The molecule has 2 aliphatic heterocycles. The average molecular weight is 435 g/mol. The first-order valence-corrected chi connectivity index (χ1v) is 11.1. The Labute approximate surface area is 189 Å². The normalized spacial score (nSPS) is 19.2. The molecular formula is C25H30N4O3. The number of hydrogen-bond acceptors (Lipinski definition) is 4. The first-order valence-electron chi connectivity index (χ1n) is 11.1. The number of piperazine rings is 1. The fourth-order valence-electron chi connectivity index (χ4n) is 4.63. The molecule has 0 saturated carbocycles. The van der Waals surface area contributed by atoms with Crippen LogP contribution in [0.15, 0.2) is 42.5 Å². The monoisotopic (exact) mass is 434 g/mol. The van der Waals surface area contributed by atoms with Gasteiger partial charge in [0.05, 0.1) is 17.9 Å². The van der Waals surface area contributed by atoms with Gasteiger partial charge >= 0.3 is 0 Å². The van der Waals surface area contributed by atoms with Crippen molar-refractivity contribution in [3.05, 3.63) is 59.2 Å². The summed E-state index contributed by atoms with van der Waals surface area (Å²) in [4.78, 5) is 44.1. The van der Waals surface area contributed by atoms with Crippen molar-refractivity contribution >= 4 is 29.1 Å². The van der Waals surface area contributed by atoms with Gasteiger partial charge in [-0.15, -0.1) is 0 Å². The van der Waals surface area contributed by atoms with E-state index < -0.39 is 0 Å². The van der Waals surface area contributed by atoms with Crippen LogP contribution >= 0.6 is 0 Å². The molecule has 1 saturated heterocycles. The van der Waals surface area contributed by atoms with Crippen LogP contribution in [0, 0.1) is 13.8 Å². The predicted molar refractivity (Wildman–Crippen MR) is 125 cm³/mol. The number of fused-ring (bicyclic) bond motifs is 1. The van der Waals surface area contributed by atoms with Crippen molar-refractivity contribution in [2.45, 2.75) is 33.2 Å². The van der Waals surface area contributed by atoms with Gasteiger partial charge in [-0.2, -0.15) is 0 Å². The number of nitrogens with one attached hydrogen (secondary N) is 1. The van der Waals surface area contributed by atoms with Gasteiger partial charge in [-0.1, -0.05) is 29.3 Å². The van der Waals surface area contributed by atoms with E-state index >= 15 is 0 Å². The minimum absolute atomic E-state index is 0.0319. The first-order chi connectivity index (χ1) is 15.3. The molecule has 0 aromatic heterocycles. The molecule has 7 heteroatoms. The van der Waals surface area contributed by atoms with Crippen molar-refractivity contribution in [2.75, 3.05) is 42.9 Å². The van der Waals surface area contributed by atoms with E-state index in [0.29, 0.717) is 31.9 Å². The van der Waals surface area contributed by atoms with Crippen LogP contribution in [0.4, 0.5) is 11.4 Å². The van der Waals surface area contributed by atoms with Gasteiger partial charge < -0.3 is 15.1 Å². The lowest BCUT2D eigenvalue weighted by Gasteiger charge is -2.36. The van der Waals surface area contributed by atoms with Gasteiger partial charge in [0.2, 0.25) is 11.8 Å². The van der Waals surface area contributed by atoms with Gasteiger partial charge in [0.25, 0.3) is 5.91 Å². The Bertz CT molecular complexity index is 1020. The van der Waals surface area contributed by atoms with Gasteiger partial charge in [-0.25, -0.2) is 0 Å². The van der Waals surface area contributed by atoms with Crippen molar-refractivity contribution in [3.63, 3.8) is 0 Å². The zero-order chi connectivity index (χ0) is 22.8. The quantitative estimate of drug-likeness (QED) is 0.806. The van der Waals surface area contributed by atoms with E-state index in [0.717, 1.165) is 22.4 Å². The van der Waals surface area contributed by atoms with E-state index in [4.69, 9.17) is 0 Å². The number of aryl methyl sites for hydroxylation is 2. The SMILES string of the molecule is Cc1cc(C)cc(C(=O)N2CCN(CC(=O)N3c4ccccc4NC(=O)CC3C)CC2)c1. The second-order valence-electron chi connectivity index (χ2n) is 8.83. The maximum Gasteiger partial charge on any atom is 0.253 e. The smallest absolute Gasteiger partial charge is 0.253 e. The van der Waals surface area contributed by atoms with Gasteiger partial charge in [-0.3, -0.25) is 19.3 Å². The van der Waals surface area contributed by atoms with E-state index in [1.54, 1.807) is 4.90 Å². The van der Waals surface area contributed by atoms with Gasteiger partial charge in [0, 0.05) is 44.2 Å². The van der Waals surface area contributed by atoms with E-state index in [2.05, 4.69) is 16.3 Å². The third-order valence-electron chi connectivity index (χ3n) is 6.11. The summed E-state index contributed by atoms with van der Waals surface area (Å²) < 4.78 is 0. The second-order valence-corrected chi connectivity index (χ2v) is 8.83. The number of benzene rings is 2. The Morgan fingerprint density at radius 3 is 2.34 bits per heavy atom. The molecule has 1 N–H and O–H groups in total. The van der Waals surface area contributed by atoms with E-state index in [1.165, 1.54) is 0 Å². The molecule has 168 valence electrons. The number of nitrogens with zero attached hydrogens (tertiary/aromatic N) is 3. The largest absolute Gasteiger partial charge is 0.336 e. The molecule has 2 aromatic carbocycles. The van der Waals surface area contributed by atoms with Crippen LogP contribution in [0.5, 0.6) is 0 Å². The predicted octanol–water partition coefficient (Wildman–Crippen LogP) is 2.83. The first kappa shape index (κ1) is 22.0. The zero-order valence-corrected chi connectivity index (χ0v) is 18.9. The molecule has 2 aromatic rings. The summed E-state index contributed by atoms with van der Waals surface area (Å²) in [6.45, 7) is 8.62. The number of anilines is 2.